The third kappa shape index (κ3) is 6.53. The maximum atomic E-state index is 13.6. The minimum atomic E-state index is -0.331. The molecule has 3 aromatic carbocycles. The van der Waals surface area contributed by atoms with Crippen molar-refractivity contribution in [2.24, 2.45) is 5.92 Å². The van der Waals surface area contributed by atoms with Crippen molar-refractivity contribution in [3.05, 3.63) is 111 Å². The van der Waals surface area contributed by atoms with Crippen LogP contribution in [0.2, 0.25) is 10.0 Å². The van der Waals surface area contributed by atoms with Crippen LogP contribution in [0.25, 0.3) is 10.8 Å². The average Bonchev–Trinajstić information content (AvgIpc) is 3.34. The van der Waals surface area contributed by atoms with Crippen LogP contribution in [-0.2, 0) is 19.0 Å². The first kappa shape index (κ1) is 32.1. The fourth-order valence-electron chi connectivity index (χ4n) is 6.47. The zero-order chi connectivity index (χ0) is 32.4. The number of benzene rings is 3. The Kier molecular flexibility index (Phi) is 9.70. The lowest BCUT2D eigenvalue weighted by molar-refractivity contribution is -0.143. The Hall–Kier alpha value is -3.82. The molecule has 1 fully saturated rings. The summed E-state index contributed by atoms with van der Waals surface area (Å²) in [6.45, 7) is 4.73. The normalized spacial score (nSPS) is 21.3. The summed E-state index contributed by atoms with van der Waals surface area (Å²) in [5, 5.41) is 3.10. The van der Waals surface area contributed by atoms with E-state index < -0.39 is 0 Å². The number of carbonyl (C=O) groups excluding carboxylic acids is 2. The SMILES string of the molecule is COC1=CC2C(CC(=O)OCCN3CCOC(c4ccc5c(Cl)c(OC)ccc5c4)C3)=C(C)N(C(=O)c3ccc(Cl)cc3)C2C=C1. The molecular formula is C36H36Cl2N2O6. The first-order valence-electron chi connectivity index (χ1n) is 15.3. The summed E-state index contributed by atoms with van der Waals surface area (Å²) in [5.74, 6) is 0.662. The van der Waals surface area contributed by atoms with Gasteiger partial charge in [-0.25, -0.2) is 0 Å². The van der Waals surface area contributed by atoms with Gasteiger partial charge in [0.1, 0.15) is 18.1 Å². The smallest absolute Gasteiger partial charge is 0.310 e. The molecule has 0 N–H and O–H groups in total. The van der Waals surface area contributed by atoms with E-state index in [2.05, 4.69) is 11.0 Å². The van der Waals surface area contributed by atoms with Crippen LogP contribution in [0.15, 0.2) is 89.9 Å². The van der Waals surface area contributed by atoms with Crippen molar-refractivity contribution >= 4 is 45.9 Å². The van der Waals surface area contributed by atoms with Gasteiger partial charge in [0.15, 0.2) is 0 Å². The van der Waals surface area contributed by atoms with Gasteiger partial charge in [-0.3, -0.25) is 14.5 Å². The highest BCUT2D eigenvalue weighted by atomic mass is 35.5. The zero-order valence-electron chi connectivity index (χ0n) is 26.0. The Balaban J connectivity index is 1.08. The highest BCUT2D eigenvalue weighted by Crippen LogP contribution is 2.41. The lowest BCUT2D eigenvalue weighted by Gasteiger charge is -2.33. The standard InChI is InChI=1S/C36H36Cl2N2O6/c1-22-29(30-19-27(43-2)10-12-31(30)40(22)36(42)23-4-8-26(37)9-5-23)20-34(41)46-17-15-39-14-16-45-33(21-39)25-6-11-28-24(18-25)7-13-32(44-3)35(28)38/h4-13,18-19,30-31,33H,14-17,20-21H2,1-3H3. The first-order chi connectivity index (χ1) is 22.3. The van der Waals surface area contributed by atoms with Gasteiger partial charge in [-0.1, -0.05) is 47.5 Å². The van der Waals surface area contributed by atoms with Crippen molar-refractivity contribution in [2.45, 2.75) is 25.5 Å². The number of carbonyl (C=O) groups is 2. The van der Waals surface area contributed by atoms with Gasteiger partial charge in [-0.05, 0) is 72.0 Å². The van der Waals surface area contributed by atoms with E-state index in [1.807, 2.05) is 49.4 Å². The molecule has 0 spiro atoms. The van der Waals surface area contributed by atoms with Crippen LogP contribution in [0.5, 0.6) is 5.75 Å². The summed E-state index contributed by atoms with van der Waals surface area (Å²) in [6, 6.07) is 16.6. The summed E-state index contributed by atoms with van der Waals surface area (Å²) in [6.07, 6.45) is 5.75. The number of esters is 1. The van der Waals surface area contributed by atoms with Crippen LogP contribution in [-0.4, -0.2) is 74.8 Å². The van der Waals surface area contributed by atoms with E-state index in [1.54, 1.807) is 43.4 Å². The van der Waals surface area contributed by atoms with Gasteiger partial charge in [0.05, 0.1) is 44.4 Å². The number of nitrogens with zero attached hydrogens (tertiary/aromatic N) is 2. The summed E-state index contributed by atoms with van der Waals surface area (Å²) in [5.41, 5.74) is 3.18. The monoisotopic (exact) mass is 662 g/mol. The summed E-state index contributed by atoms with van der Waals surface area (Å²) >= 11 is 12.6. The molecule has 0 saturated carbocycles. The average molecular weight is 664 g/mol. The van der Waals surface area contributed by atoms with Crippen molar-refractivity contribution in [1.82, 2.24) is 9.80 Å². The molecule has 1 saturated heterocycles. The largest absolute Gasteiger partial charge is 0.497 e. The third-order valence-corrected chi connectivity index (χ3v) is 9.57. The van der Waals surface area contributed by atoms with Crippen LogP contribution in [0.4, 0.5) is 0 Å². The Morgan fingerprint density at radius 3 is 2.59 bits per heavy atom. The molecule has 2 aliphatic heterocycles. The minimum Gasteiger partial charge on any atom is -0.497 e. The number of methoxy groups -OCH3 is 2. The number of rotatable bonds is 9. The van der Waals surface area contributed by atoms with Crippen molar-refractivity contribution < 1.29 is 28.5 Å². The highest BCUT2D eigenvalue weighted by molar-refractivity contribution is 6.37. The quantitative estimate of drug-likeness (QED) is 0.229. The van der Waals surface area contributed by atoms with E-state index in [4.69, 9.17) is 42.1 Å². The van der Waals surface area contributed by atoms with Gasteiger partial charge < -0.3 is 23.8 Å². The second-order valence-corrected chi connectivity index (χ2v) is 12.4. The fourth-order valence-corrected chi connectivity index (χ4v) is 6.91. The molecule has 6 rings (SSSR count). The van der Waals surface area contributed by atoms with Gasteiger partial charge in [0.2, 0.25) is 0 Å². The summed E-state index contributed by atoms with van der Waals surface area (Å²) in [7, 11) is 3.21. The molecule has 46 heavy (non-hydrogen) atoms. The Morgan fingerprint density at radius 2 is 1.83 bits per heavy atom. The molecule has 3 aliphatic rings. The molecule has 1 aliphatic carbocycles. The number of hydrogen-bond acceptors (Lipinski definition) is 7. The summed E-state index contributed by atoms with van der Waals surface area (Å²) < 4.78 is 22.7. The van der Waals surface area contributed by atoms with Crippen molar-refractivity contribution in [2.75, 3.05) is 47.1 Å². The van der Waals surface area contributed by atoms with Crippen LogP contribution >= 0.6 is 23.2 Å². The molecule has 8 nitrogen and oxygen atoms in total. The molecule has 0 aromatic heterocycles. The number of ether oxygens (including phenoxy) is 4. The van der Waals surface area contributed by atoms with Gasteiger partial charge in [-0.2, -0.15) is 0 Å². The van der Waals surface area contributed by atoms with Crippen LogP contribution < -0.4 is 4.74 Å². The van der Waals surface area contributed by atoms with Gasteiger partial charge in [-0.15, -0.1) is 0 Å². The van der Waals surface area contributed by atoms with E-state index in [1.165, 1.54) is 0 Å². The second kappa shape index (κ2) is 13.9. The van der Waals surface area contributed by atoms with E-state index in [0.717, 1.165) is 34.2 Å². The number of hydrogen-bond donors (Lipinski definition) is 0. The number of morpholine rings is 1. The van der Waals surface area contributed by atoms with E-state index >= 15 is 0 Å². The molecule has 240 valence electrons. The Bertz CT molecular complexity index is 1730. The molecule has 0 bridgehead atoms. The van der Waals surface area contributed by atoms with E-state index in [-0.39, 0.29) is 43.0 Å². The Labute approximate surface area is 278 Å². The molecule has 2 heterocycles. The number of fused-ring (bicyclic) bond motifs is 2. The predicted molar refractivity (Wildman–Crippen MR) is 178 cm³/mol. The molecule has 1 amide bonds. The van der Waals surface area contributed by atoms with E-state index in [9.17, 15) is 9.59 Å². The molecule has 3 atom stereocenters. The number of allylic oxidation sites excluding steroid dienone is 2. The lowest BCUT2D eigenvalue weighted by Crippen LogP contribution is -2.40. The van der Waals surface area contributed by atoms with Crippen LogP contribution in [0.3, 0.4) is 0 Å². The van der Waals surface area contributed by atoms with Gasteiger partial charge in [0.25, 0.3) is 5.91 Å². The number of halogens is 2. The van der Waals surface area contributed by atoms with Crippen LogP contribution in [0.1, 0.15) is 35.4 Å². The molecule has 3 unspecified atom stereocenters. The van der Waals surface area contributed by atoms with Gasteiger partial charge >= 0.3 is 5.97 Å². The van der Waals surface area contributed by atoms with Crippen LogP contribution in [0, 0.1) is 5.92 Å². The molecular weight excluding hydrogens is 627 g/mol. The van der Waals surface area contributed by atoms with Gasteiger partial charge in [0, 0.05) is 47.2 Å². The maximum absolute atomic E-state index is 13.6. The minimum absolute atomic E-state index is 0.0783. The molecule has 10 heteroatoms. The zero-order valence-corrected chi connectivity index (χ0v) is 27.5. The third-order valence-electron chi connectivity index (χ3n) is 8.93. The summed E-state index contributed by atoms with van der Waals surface area (Å²) in [4.78, 5) is 30.8. The Morgan fingerprint density at radius 1 is 1.02 bits per heavy atom. The topological polar surface area (TPSA) is 77.5 Å². The fraction of sp³-hybridized carbons (Fsp3) is 0.333. The van der Waals surface area contributed by atoms with E-state index in [0.29, 0.717) is 46.8 Å². The molecule has 3 aromatic rings. The lowest BCUT2D eigenvalue weighted by atomic mass is 9.88. The van der Waals surface area contributed by atoms with Crippen molar-refractivity contribution in [1.29, 1.82) is 0 Å². The predicted octanol–water partition coefficient (Wildman–Crippen LogP) is 6.98. The number of amides is 1. The van der Waals surface area contributed by atoms with Crippen molar-refractivity contribution in [3.63, 3.8) is 0 Å². The second-order valence-electron chi connectivity index (χ2n) is 11.6. The molecule has 0 radical (unpaired) electrons. The maximum Gasteiger partial charge on any atom is 0.310 e. The van der Waals surface area contributed by atoms with Crippen molar-refractivity contribution in [3.8, 4) is 5.75 Å². The highest BCUT2D eigenvalue weighted by Gasteiger charge is 2.42. The first-order valence-corrected chi connectivity index (χ1v) is 16.0.